The van der Waals surface area contributed by atoms with Gasteiger partial charge in [0.25, 0.3) is 0 Å². The van der Waals surface area contributed by atoms with Crippen molar-refractivity contribution in [2.45, 2.75) is 13.0 Å². The summed E-state index contributed by atoms with van der Waals surface area (Å²) in [6.07, 6.45) is 5.34. The average molecular weight is 531 g/mol. The largest absolute Gasteiger partial charge is 0.496 e. The molecule has 0 amide bonds. The van der Waals surface area contributed by atoms with Gasteiger partial charge >= 0.3 is 0 Å². The van der Waals surface area contributed by atoms with Gasteiger partial charge in [0.1, 0.15) is 27.7 Å². The molecule has 9 nitrogen and oxygen atoms in total. The summed E-state index contributed by atoms with van der Waals surface area (Å²) in [5.41, 5.74) is 4.94. The molecular formula is C28H30N6O3S. The molecule has 0 bridgehead atoms. The number of rotatable bonds is 11. The third-order valence-corrected chi connectivity index (χ3v) is 7.28. The lowest BCUT2D eigenvalue weighted by Crippen LogP contribution is -2.24. The number of benzene rings is 3. The van der Waals surface area contributed by atoms with Gasteiger partial charge in [0, 0.05) is 29.3 Å². The van der Waals surface area contributed by atoms with Crippen molar-refractivity contribution in [2.75, 3.05) is 37.5 Å². The summed E-state index contributed by atoms with van der Waals surface area (Å²) < 4.78 is 30.3. The van der Waals surface area contributed by atoms with Crippen LogP contribution in [0.4, 0.5) is 11.5 Å². The lowest BCUT2D eigenvalue weighted by Gasteiger charge is -2.13. The zero-order valence-corrected chi connectivity index (χ0v) is 22.2. The van der Waals surface area contributed by atoms with Crippen LogP contribution in [0.3, 0.4) is 0 Å². The van der Waals surface area contributed by atoms with Gasteiger partial charge in [-0.3, -0.25) is 4.68 Å². The van der Waals surface area contributed by atoms with Gasteiger partial charge < -0.3 is 15.4 Å². The third kappa shape index (κ3) is 6.09. The predicted molar refractivity (Wildman–Crippen MR) is 151 cm³/mol. The third-order valence-electron chi connectivity index (χ3n) is 6.34. The molecule has 2 aromatic heterocycles. The maximum absolute atomic E-state index is 11.3. The fraction of sp³-hybridized carbons (Fsp3) is 0.250. The Morgan fingerprint density at radius 2 is 1.84 bits per heavy atom. The van der Waals surface area contributed by atoms with Crippen LogP contribution in [0.15, 0.2) is 73.2 Å². The molecular weight excluding hydrogens is 500 g/mol. The Morgan fingerprint density at radius 3 is 2.63 bits per heavy atom. The first-order chi connectivity index (χ1) is 18.4. The normalized spacial score (nSPS) is 11.7. The molecule has 5 aromatic rings. The van der Waals surface area contributed by atoms with E-state index in [0.717, 1.165) is 38.8 Å². The highest BCUT2D eigenvalue weighted by Crippen LogP contribution is 2.31. The van der Waals surface area contributed by atoms with Crippen LogP contribution in [0.25, 0.3) is 21.8 Å². The number of hydrogen-bond donors (Lipinski definition) is 2. The van der Waals surface area contributed by atoms with Gasteiger partial charge in [-0.15, -0.1) is 0 Å². The number of methoxy groups -OCH3 is 1. The number of aromatic nitrogens is 4. The Bertz CT molecular complexity index is 1670. The highest BCUT2D eigenvalue weighted by atomic mass is 32.2. The van der Waals surface area contributed by atoms with Crippen molar-refractivity contribution < 1.29 is 13.2 Å². The molecule has 2 heterocycles. The zero-order valence-electron chi connectivity index (χ0n) is 21.4. The van der Waals surface area contributed by atoms with E-state index < -0.39 is 9.84 Å². The molecule has 0 aliphatic rings. The van der Waals surface area contributed by atoms with Gasteiger partial charge in [-0.2, -0.15) is 5.10 Å². The molecule has 3 aromatic carbocycles. The van der Waals surface area contributed by atoms with Gasteiger partial charge in [-0.05, 0) is 54.4 Å². The van der Waals surface area contributed by atoms with E-state index in [1.54, 1.807) is 13.4 Å². The number of ether oxygens (including phenoxy) is 1. The van der Waals surface area contributed by atoms with E-state index in [0.29, 0.717) is 31.9 Å². The fourth-order valence-corrected chi connectivity index (χ4v) is 4.92. The van der Waals surface area contributed by atoms with Gasteiger partial charge in [0.15, 0.2) is 0 Å². The highest BCUT2D eigenvalue weighted by molar-refractivity contribution is 7.90. The van der Waals surface area contributed by atoms with E-state index in [2.05, 4.69) is 50.0 Å². The second-order valence-electron chi connectivity index (χ2n) is 9.22. The molecule has 38 heavy (non-hydrogen) atoms. The molecule has 2 N–H and O–H groups in total. The molecule has 196 valence electrons. The first-order valence-corrected chi connectivity index (χ1v) is 14.4. The van der Waals surface area contributed by atoms with Crippen LogP contribution in [0, 0.1) is 0 Å². The smallest absolute Gasteiger partial charge is 0.148 e. The van der Waals surface area contributed by atoms with E-state index in [9.17, 15) is 8.42 Å². The molecule has 10 heteroatoms. The molecule has 5 rings (SSSR count). The summed E-state index contributed by atoms with van der Waals surface area (Å²) in [5, 5.41) is 13.1. The van der Waals surface area contributed by atoms with Gasteiger partial charge in [0.05, 0.1) is 36.6 Å². The summed E-state index contributed by atoms with van der Waals surface area (Å²) in [5.74, 6) is 1.53. The summed E-state index contributed by atoms with van der Waals surface area (Å²) in [4.78, 5) is 8.96. The van der Waals surface area contributed by atoms with E-state index in [1.807, 2.05) is 47.3 Å². The van der Waals surface area contributed by atoms with Gasteiger partial charge in [-0.25, -0.2) is 18.4 Å². The lowest BCUT2D eigenvalue weighted by atomic mass is 10.1. The quantitative estimate of drug-likeness (QED) is 0.247. The average Bonchev–Trinajstić information content (AvgIpc) is 3.30. The van der Waals surface area contributed by atoms with Crippen LogP contribution < -0.4 is 15.4 Å². The first-order valence-electron chi connectivity index (χ1n) is 12.4. The van der Waals surface area contributed by atoms with Crippen LogP contribution in [-0.4, -0.2) is 60.4 Å². The minimum absolute atomic E-state index is 0.115. The van der Waals surface area contributed by atoms with Crippen molar-refractivity contribution >= 4 is 43.1 Å². The van der Waals surface area contributed by atoms with Crippen molar-refractivity contribution in [3.05, 3.63) is 84.3 Å². The topological polar surface area (TPSA) is 111 Å². The molecule has 0 unspecified atom stereocenters. The Balaban J connectivity index is 1.34. The molecule has 0 spiro atoms. The van der Waals surface area contributed by atoms with E-state index in [-0.39, 0.29) is 5.75 Å². The van der Waals surface area contributed by atoms with Gasteiger partial charge in [-0.1, -0.05) is 30.3 Å². The molecule has 0 aliphatic heterocycles. The maximum Gasteiger partial charge on any atom is 0.148 e. The number of fused-ring (bicyclic) bond motifs is 2. The van der Waals surface area contributed by atoms with Crippen molar-refractivity contribution in [1.82, 2.24) is 25.1 Å². The number of anilines is 2. The Morgan fingerprint density at radius 1 is 1.00 bits per heavy atom. The SMILES string of the molecule is COc1cc2c(Nc3ccc4c(cnn4Cc4ccccc4)c3)ncnc2cc1CCNCCS(C)(=O)=O. The number of hydrogen-bond acceptors (Lipinski definition) is 8. The zero-order chi connectivity index (χ0) is 26.5. The monoisotopic (exact) mass is 530 g/mol. The molecule has 0 aliphatic carbocycles. The van der Waals surface area contributed by atoms with Crippen molar-refractivity contribution in [3.8, 4) is 5.75 Å². The molecule has 0 radical (unpaired) electrons. The lowest BCUT2D eigenvalue weighted by molar-refractivity contribution is 0.410. The molecule has 0 saturated heterocycles. The summed E-state index contributed by atoms with van der Waals surface area (Å²) >= 11 is 0. The highest BCUT2D eigenvalue weighted by Gasteiger charge is 2.12. The van der Waals surface area contributed by atoms with Crippen LogP contribution in [-0.2, 0) is 22.8 Å². The molecule has 0 saturated carbocycles. The molecule has 0 atom stereocenters. The van der Waals surface area contributed by atoms with Crippen LogP contribution in [0.2, 0.25) is 0 Å². The van der Waals surface area contributed by atoms with E-state index in [4.69, 9.17) is 4.74 Å². The first kappa shape index (κ1) is 25.6. The van der Waals surface area contributed by atoms with Crippen molar-refractivity contribution in [2.24, 2.45) is 0 Å². The number of sulfone groups is 1. The Hall–Kier alpha value is -4.02. The van der Waals surface area contributed by atoms with E-state index in [1.165, 1.54) is 11.8 Å². The Kier molecular flexibility index (Phi) is 7.52. The van der Waals surface area contributed by atoms with Crippen LogP contribution >= 0.6 is 0 Å². The Labute approximate surface area is 221 Å². The minimum Gasteiger partial charge on any atom is -0.496 e. The minimum atomic E-state index is -2.98. The second kappa shape index (κ2) is 11.2. The standard InChI is InChI=1S/C28H30N6O3S/c1-37-27-16-24-25(15-21(27)10-11-29-12-13-38(2,35)36)30-19-31-28(24)33-23-8-9-26-22(14-23)17-32-34(26)18-20-6-4-3-5-7-20/h3-9,14-17,19,29H,10-13,18H2,1-2H3,(H,30,31,33). The van der Waals surface area contributed by atoms with E-state index >= 15 is 0 Å². The van der Waals surface area contributed by atoms with Crippen molar-refractivity contribution in [3.63, 3.8) is 0 Å². The predicted octanol–water partition coefficient (Wildman–Crippen LogP) is 3.96. The fourth-order valence-electron chi connectivity index (χ4n) is 4.40. The number of nitrogens with zero attached hydrogens (tertiary/aromatic N) is 4. The molecule has 0 fully saturated rings. The summed E-state index contributed by atoms with van der Waals surface area (Å²) in [6.45, 7) is 1.76. The van der Waals surface area contributed by atoms with Crippen LogP contribution in [0.5, 0.6) is 5.75 Å². The second-order valence-corrected chi connectivity index (χ2v) is 11.5. The van der Waals surface area contributed by atoms with Crippen molar-refractivity contribution in [1.29, 1.82) is 0 Å². The van der Waals surface area contributed by atoms with Gasteiger partial charge in [0.2, 0.25) is 0 Å². The maximum atomic E-state index is 11.3. The summed E-state index contributed by atoms with van der Waals surface area (Å²) in [7, 11) is -1.34. The summed E-state index contributed by atoms with van der Waals surface area (Å²) in [6, 6.07) is 20.4. The number of nitrogens with one attached hydrogen (secondary N) is 2. The van der Waals surface area contributed by atoms with Crippen LogP contribution in [0.1, 0.15) is 11.1 Å².